The van der Waals surface area contributed by atoms with Crippen molar-refractivity contribution in [3.63, 3.8) is 0 Å². The number of hydrogen-bond donors (Lipinski definition) is 3. The van der Waals surface area contributed by atoms with Crippen LogP contribution in [-0.4, -0.2) is 44.7 Å². The lowest BCUT2D eigenvalue weighted by atomic mass is 9.40. The zero-order chi connectivity index (χ0) is 18.5. The van der Waals surface area contributed by atoms with E-state index in [1.165, 1.54) is 0 Å². The third-order valence-corrected chi connectivity index (χ3v) is 7.85. The molecule has 5 nitrogen and oxygen atoms in total. The average molecular weight is 348 g/mol. The van der Waals surface area contributed by atoms with Crippen molar-refractivity contribution in [1.29, 1.82) is 0 Å². The Balaban J connectivity index is 2.04. The summed E-state index contributed by atoms with van der Waals surface area (Å²) in [6, 6.07) is 0. The lowest BCUT2D eigenvalue weighted by molar-refractivity contribution is -0.319. The molecule has 25 heavy (non-hydrogen) atoms. The first kappa shape index (κ1) is 17.4. The minimum atomic E-state index is -2.31. The van der Waals surface area contributed by atoms with Crippen molar-refractivity contribution in [2.75, 3.05) is 6.61 Å². The van der Waals surface area contributed by atoms with Gasteiger partial charge in [0.15, 0.2) is 0 Å². The Labute approximate surface area is 148 Å². The quantitative estimate of drug-likeness (QED) is 0.630. The molecule has 5 heteroatoms. The topological polar surface area (TPSA) is 87.0 Å². The second kappa shape index (κ2) is 4.45. The Morgan fingerprint density at radius 3 is 2.44 bits per heavy atom. The van der Waals surface area contributed by atoms with Gasteiger partial charge in [-0.1, -0.05) is 39.3 Å². The van der Waals surface area contributed by atoms with Gasteiger partial charge < -0.3 is 20.1 Å². The van der Waals surface area contributed by atoms with Crippen LogP contribution < -0.4 is 0 Å². The molecule has 1 saturated heterocycles. The average Bonchev–Trinajstić information content (AvgIpc) is 2.78. The van der Waals surface area contributed by atoms with Gasteiger partial charge >= 0.3 is 0 Å². The molecule has 4 rings (SSSR count). The number of ketones is 1. The number of hydrogen-bond acceptors (Lipinski definition) is 5. The van der Waals surface area contributed by atoms with E-state index in [2.05, 4.69) is 6.58 Å². The fourth-order valence-corrected chi connectivity index (χ4v) is 6.19. The molecule has 0 unspecified atom stereocenters. The minimum absolute atomic E-state index is 0.0200. The number of ether oxygens (including phenoxy) is 1. The highest BCUT2D eigenvalue weighted by atomic mass is 16.7. The van der Waals surface area contributed by atoms with E-state index in [0.717, 1.165) is 6.42 Å². The van der Waals surface area contributed by atoms with Crippen LogP contribution in [-0.2, 0) is 9.53 Å². The number of aliphatic hydroxyl groups is 3. The van der Waals surface area contributed by atoms with E-state index < -0.39 is 39.0 Å². The largest absolute Gasteiger partial charge is 0.384 e. The van der Waals surface area contributed by atoms with Crippen LogP contribution in [0.5, 0.6) is 0 Å². The second-order valence-electron chi connectivity index (χ2n) is 9.42. The predicted octanol–water partition coefficient (Wildman–Crippen LogP) is 1.86. The molecule has 2 bridgehead atoms. The number of carbonyl (C=O) groups is 1. The lowest BCUT2D eigenvalue weighted by Crippen LogP contribution is -2.80. The Kier molecular flexibility index (Phi) is 3.10. The summed E-state index contributed by atoms with van der Waals surface area (Å²) < 4.78 is 5.64. The van der Waals surface area contributed by atoms with Crippen LogP contribution in [0.15, 0.2) is 24.3 Å². The third-order valence-electron chi connectivity index (χ3n) is 7.85. The number of allylic oxidation sites excluding steroid dienone is 2. The number of Topliss-reactive ketones (excluding diaryl/α,β-unsaturated/α-hetero) is 1. The van der Waals surface area contributed by atoms with Crippen LogP contribution in [0.1, 0.15) is 52.9 Å². The van der Waals surface area contributed by atoms with Crippen LogP contribution in [0, 0.1) is 16.2 Å². The summed E-state index contributed by atoms with van der Waals surface area (Å²) in [5.41, 5.74) is -5.41. The molecule has 0 aromatic carbocycles. The molecule has 0 aromatic rings. The van der Waals surface area contributed by atoms with E-state index in [1.54, 1.807) is 12.2 Å². The van der Waals surface area contributed by atoms with Gasteiger partial charge in [-0.15, -0.1) is 6.58 Å². The van der Waals surface area contributed by atoms with Crippen molar-refractivity contribution in [3.05, 3.63) is 24.3 Å². The van der Waals surface area contributed by atoms with Gasteiger partial charge in [-0.3, -0.25) is 4.79 Å². The van der Waals surface area contributed by atoms with Crippen LogP contribution >= 0.6 is 0 Å². The number of rotatable bonds is 1. The number of carbonyl (C=O) groups excluding carboxylic acids is 1. The van der Waals surface area contributed by atoms with Crippen LogP contribution in [0.25, 0.3) is 0 Å². The zero-order valence-corrected chi connectivity index (χ0v) is 15.3. The molecule has 1 aliphatic heterocycles. The molecule has 3 aliphatic carbocycles. The van der Waals surface area contributed by atoms with E-state index in [0.29, 0.717) is 25.7 Å². The van der Waals surface area contributed by atoms with Crippen molar-refractivity contribution in [2.24, 2.45) is 16.2 Å². The summed E-state index contributed by atoms with van der Waals surface area (Å²) in [7, 11) is 0. The monoisotopic (exact) mass is 348 g/mol. The Morgan fingerprint density at radius 1 is 1.12 bits per heavy atom. The van der Waals surface area contributed by atoms with Crippen molar-refractivity contribution in [1.82, 2.24) is 0 Å². The standard InChI is InChI=1S/C20H28O5/c1-5-16(4)9-10-18(22)13(11-16)14(21)19(23)20(24)15(2,3)7-6-8-17(18,20)12-25-19/h5,11,22-24H,1,6-10,12H2,2-4H3/t16-,17-,18+,19+,20+/m0/s1. The maximum absolute atomic E-state index is 13.3. The molecule has 0 amide bonds. The molecule has 0 spiro atoms. The van der Waals surface area contributed by atoms with Crippen molar-refractivity contribution in [2.45, 2.75) is 69.9 Å². The maximum Gasteiger partial charge on any atom is 0.262 e. The SMILES string of the molecule is C=C[C@]1(C)C=C2C(=O)[C@@]3(O)OC[C@@]4(CCCC(C)(C)[C@@]43O)[C@@]2(O)CC1. The van der Waals surface area contributed by atoms with Gasteiger partial charge in [-0.05, 0) is 25.7 Å². The van der Waals surface area contributed by atoms with Crippen LogP contribution in [0.2, 0.25) is 0 Å². The van der Waals surface area contributed by atoms with Gasteiger partial charge in [0.2, 0.25) is 5.78 Å². The highest BCUT2D eigenvalue weighted by Gasteiger charge is 2.86. The molecular weight excluding hydrogens is 320 g/mol. The summed E-state index contributed by atoms with van der Waals surface area (Å²) in [4.78, 5) is 13.3. The Morgan fingerprint density at radius 2 is 1.80 bits per heavy atom. The first-order valence-electron chi connectivity index (χ1n) is 9.16. The fourth-order valence-electron chi connectivity index (χ4n) is 6.19. The normalized spacial score (nSPS) is 53.7. The van der Waals surface area contributed by atoms with Crippen molar-refractivity contribution in [3.8, 4) is 0 Å². The Bertz CT molecular complexity index is 711. The molecule has 0 aromatic heterocycles. The highest BCUT2D eigenvalue weighted by molar-refractivity contribution is 6.06. The third kappa shape index (κ3) is 1.54. The summed E-state index contributed by atoms with van der Waals surface area (Å²) in [6.07, 6.45) is 6.44. The number of fused-ring (bicyclic) bond motifs is 1. The fraction of sp³-hybridized carbons (Fsp3) is 0.750. The predicted molar refractivity (Wildman–Crippen MR) is 91.5 cm³/mol. The summed E-state index contributed by atoms with van der Waals surface area (Å²) in [5, 5.41) is 34.9. The zero-order valence-electron chi connectivity index (χ0n) is 15.3. The summed E-state index contributed by atoms with van der Waals surface area (Å²) in [5.74, 6) is -3.01. The molecule has 3 fully saturated rings. The van der Waals surface area contributed by atoms with E-state index in [1.807, 2.05) is 20.8 Å². The van der Waals surface area contributed by atoms with E-state index in [-0.39, 0.29) is 12.2 Å². The van der Waals surface area contributed by atoms with Gasteiger partial charge in [-0.2, -0.15) is 0 Å². The maximum atomic E-state index is 13.3. The minimum Gasteiger partial charge on any atom is -0.384 e. The molecule has 1 heterocycles. The first-order valence-corrected chi connectivity index (χ1v) is 9.16. The molecule has 0 radical (unpaired) electrons. The summed E-state index contributed by atoms with van der Waals surface area (Å²) >= 11 is 0. The van der Waals surface area contributed by atoms with Gasteiger partial charge in [0.1, 0.15) is 11.2 Å². The molecule has 138 valence electrons. The van der Waals surface area contributed by atoms with Crippen molar-refractivity contribution < 1.29 is 24.9 Å². The van der Waals surface area contributed by atoms with E-state index in [9.17, 15) is 20.1 Å². The van der Waals surface area contributed by atoms with Crippen LogP contribution in [0.4, 0.5) is 0 Å². The van der Waals surface area contributed by atoms with Gasteiger partial charge in [0.25, 0.3) is 5.79 Å². The van der Waals surface area contributed by atoms with Gasteiger partial charge in [0.05, 0.1) is 12.0 Å². The van der Waals surface area contributed by atoms with Gasteiger partial charge in [0, 0.05) is 16.4 Å². The summed E-state index contributed by atoms with van der Waals surface area (Å²) in [6.45, 7) is 9.48. The highest BCUT2D eigenvalue weighted by Crippen LogP contribution is 2.72. The second-order valence-corrected chi connectivity index (χ2v) is 9.42. The molecule has 3 N–H and O–H groups in total. The molecule has 2 saturated carbocycles. The smallest absolute Gasteiger partial charge is 0.262 e. The molecular formula is C20H28O5. The Hall–Kier alpha value is -1.01. The van der Waals surface area contributed by atoms with Gasteiger partial charge in [-0.25, -0.2) is 0 Å². The van der Waals surface area contributed by atoms with Crippen LogP contribution in [0.3, 0.4) is 0 Å². The van der Waals surface area contributed by atoms with E-state index in [4.69, 9.17) is 4.74 Å². The lowest BCUT2D eigenvalue weighted by Gasteiger charge is -2.66. The molecule has 5 atom stereocenters. The molecule has 4 aliphatic rings. The first-order chi connectivity index (χ1) is 11.4. The van der Waals surface area contributed by atoms with Crippen molar-refractivity contribution >= 4 is 5.78 Å². The van der Waals surface area contributed by atoms with E-state index >= 15 is 0 Å².